The van der Waals surface area contributed by atoms with Crippen LogP contribution in [0.25, 0.3) is 0 Å². The second-order valence-electron chi connectivity index (χ2n) is 9.87. The Morgan fingerprint density at radius 1 is 0.857 bits per heavy atom. The second-order valence-corrected chi connectivity index (χ2v) is 11.8. The maximum Gasteiger partial charge on any atom is 0.243 e. The molecule has 1 atom stereocenters. The van der Waals surface area contributed by atoms with Gasteiger partial charge < -0.3 is 14.4 Å². The Balaban J connectivity index is 1.26. The van der Waals surface area contributed by atoms with Crippen molar-refractivity contribution >= 4 is 15.9 Å². The molecular formula is C27H34N2O5S. The van der Waals surface area contributed by atoms with Crippen LogP contribution in [0.2, 0.25) is 0 Å². The third-order valence-electron chi connectivity index (χ3n) is 7.61. The lowest BCUT2D eigenvalue weighted by Crippen LogP contribution is -2.44. The number of benzene rings is 2. The minimum atomic E-state index is -3.55. The molecule has 0 spiro atoms. The number of hydrogen-bond acceptors (Lipinski definition) is 5. The normalized spacial score (nSPS) is 21.7. The molecule has 0 N–H and O–H groups in total. The number of fused-ring (bicyclic) bond motifs is 1. The van der Waals surface area contributed by atoms with Crippen molar-refractivity contribution in [3.63, 3.8) is 0 Å². The molecule has 2 saturated heterocycles. The van der Waals surface area contributed by atoms with Gasteiger partial charge in [0.25, 0.3) is 0 Å². The third-order valence-corrected chi connectivity index (χ3v) is 9.51. The van der Waals surface area contributed by atoms with Gasteiger partial charge in [-0.1, -0.05) is 12.1 Å². The fraction of sp³-hybridized carbons (Fsp3) is 0.519. The van der Waals surface area contributed by atoms with Gasteiger partial charge in [0.1, 0.15) is 0 Å². The first-order chi connectivity index (χ1) is 16.8. The molecule has 3 heterocycles. The zero-order valence-corrected chi connectivity index (χ0v) is 21.4. The van der Waals surface area contributed by atoms with Crippen molar-refractivity contribution in [1.82, 2.24) is 9.21 Å². The highest BCUT2D eigenvalue weighted by atomic mass is 32.2. The van der Waals surface area contributed by atoms with Gasteiger partial charge in [-0.3, -0.25) is 4.79 Å². The first-order valence-corrected chi connectivity index (χ1v) is 14.1. The summed E-state index contributed by atoms with van der Waals surface area (Å²) in [5.74, 6) is 1.51. The van der Waals surface area contributed by atoms with Gasteiger partial charge in [-0.05, 0) is 80.5 Å². The van der Waals surface area contributed by atoms with Crippen molar-refractivity contribution in [3.05, 3.63) is 53.1 Å². The summed E-state index contributed by atoms with van der Waals surface area (Å²) in [5, 5.41) is 0. The summed E-state index contributed by atoms with van der Waals surface area (Å²) in [6.45, 7) is 6.66. The Morgan fingerprint density at radius 3 is 2.34 bits per heavy atom. The van der Waals surface area contributed by atoms with Crippen molar-refractivity contribution in [1.29, 1.82) is 0 Å². The van der Waals surface area contributed by atoms with Crippen LogP contribution in [0.5, 0.6) is 11.5 Å². The number of ether oxygens (including phenoxy) is 2. The maximum atomic E-state index is 13.5. The van der Waals surface area contributed by atoms with Gasteiger partial charge in [0.15, 0.2) is 11.5 Å². The SMILES string of the molecule is Cc1ccc(S(=O)(=O)N2CCC(C(=O)N3CCCC3c3ccc4c(c3)OCCCO4)CC2)cc1C. The largest absolute Gasteiger partial charge is 0.490 e. The molecule has 8 heteroatoms. The summed E-state index contributed by atoms with van der Waals surface area (Å²) in [4.78, 5) is 15.9. The topological polar surface area (TPSA) is 76.2 Å². The molecule has 0 aliphatic carbocycles. The van der Waals surface area contributed by atoms with E-state index in [1.54, 1.807) is 12.1 Å². The van der Waals surface area contributed by atoms with E-state index in [4.69, 9.17) is 9.47 Å². The molecule has 3 aliphatic heterocycles. The Hall–Kier alpha value is -2.58. The highest BCUT2D eigenvalue weighted by Crippen LogP contribution is 2.39. The number of carbonyl (C=O) groups is 1. The van der Waals surface area contributed by atoms with Crippen LogP contribution in [0, 0.1) is 19.8 Å². The molecule has 188 valence electrons. The summed E-state index contributed by atoms with van der Waals surface area (Å²) in [7, 11) is -3.55. The van der Waals surface area contributed by atoms with E-state index in [9.17, 15) is 13.2 Å². The van der Waals surface area contributed by atoms with Crippen LogP contribution in [0.1, 0.15) is 54.8 Å². The predicted octanol–water partition coefficient (Wildman–Crippen LogP) is 4.23. The number of aryl methyl sites for hydroxylation is 2. The average molecular weight is 499 g/mol. The van der Waals surface area contributed by atoms with E-state index in [-0.39, 0.29) is 17.9 Å². The number of likely N-dealkylation sites (tertiary alicyclic amines) is 1. The van der Waals surface area contributed by atoms with E-state index in [1.807, 2.05) is 43.0 Å². The molecule has 5 rings (SSSR count). The van der Waals surface area contributed by atoms with E-state index in [0.717, 1.165) is 54.0 Å². The lowest BCUT2D eigenvalue weighted by atomic mass is 9.95. The molecule has 2 aromatic carbocycles. The molecule has 3 aliphatic rings. The summed E-state index contributed by atoms with van der Waals surface area (Å²) >= 11 is 0. The highest BCUT2D eigenvalue weighted by Gasteiger charge is 2.38. The van der Waals surface area contributed by atoms with Crippen molar-refractivity contribution in [2.75, 3.05) is 32.8 Å². The van der Waals surface area contributed by atoms with Gasteiger partial charge in [-0.25, -0.2) is 8.42 Å². The van der Waals surface area contributed by atoms with Gasteiger partial charge in [-0.15, -0.1) is 0 Å². The number of nitrogens with zero attached hydrogens (tertiary/aromatic N) is 2. The molecule has 2 fully saturated rings. The summed E-state index contributed by atoms with van der Waals surface area (Å²) in [5.41, 5.74) is 3.11. The number of hydrogen-bond donors (Lipinski definition) is 0. The Labute approximate surface area is 208 Å². The van der Waals surface area contributed by atoms with Gasteiger partial charge in [-0.2, -0.15) is 4.31 Å². The molecule has 2 aromatic rings. The zero-order chi connectivity index (χ0) is 24.6. The Kier molecular flexibility index (Phi) is 6.77. The van der Waals surface area contributed by atoms with Crippen LogP contribution in [0.3, 0.4) is 0 Å². The van der Waals surface area contributed by atoms with Crippen molar-refractivity contribution in [2.24, 2.45) is 5.92 Å². The lowest BCUT2D eigenvalue weighted by molar-refractivity contribution is -0.137. The number of amides is 1. The fourth-order valence-electron chi connectivity index (χ4n) is 5.37. The standard InChI is InChI=1S/C27H34N2O5S/c1-19-6-8-23(17-20(19)2)35(31,32)28-13-10-21(11-14-28)27(30)29-12-3-5-24(29)22-7-9-25-26(18-22)34-16-4-15-33-25/h6-9,17-18,21,24H,3-5,10-16H2,1-2H3. The predicted molar refractivity (Wildman–Crippen MR) is 133 cm³/mol. The number of rotatable bonds is 4. The smallest absolute Gasteiger partial charge is 0.243 e. The van der Waals surface area contributed by atoms with E-state index in [1.165, 1.54) is 4.31 Å². The Bertz CT molecular complexity index is 1200. The first-order valence-electron chi connectivity index (χ1n) is 12.6. The van der Waals surface area contributed by atoms with Crippen LogP contribution >= 0.6 is 0 Å². The maximum absolute atomic E-state index is 13.5. The van der Waals surface area contributed by atoms with Crippen LogP contribution < -0.4 is 9.47 Å². The van der Waals surface area contributed by atoms with Crippen molar-refractivity contribution in [3.8, 4) is 11.5 Å². The van der Waals surface area contributed by atoms with E-state index in [0.29, 0.717) is 44.0 Å². The van der Waals surface area contributed by atoms with Crippen molar-refractivity contribution in [2.45, 2.75) is 56.9 Å². The third kappa shape index (κ3) is 4.78. The number of carbonyl (C=O) groups excluding carboxylic acids is 1. The Morgan fingerprint density at radius 2 is 1.60 bits per heavy atom. The van der Waals surface area contributed by atoms with Crippen molar-refractivity contribution < 1.29 is 22.7 Å². The minimum Gasteiger partial charge on any atom is -0.490 e. The van der Waals surface area contributed by atoms with E-state index in [2.05, 4.69) is 0 Å². The molecule has 7 nitrogen and oxygen atoms in total. The summed E-state index contributed by atoms with van der Waals surface area (Å²) in [6.07, 6.45) is 3.84. The van der Waals surface area contributed by atoms with Gasteiger partial charge in [0.2, 0.25) is 15.9 Å². The second kappa shape index (κ2) is 9.82. The molecule has 0 radical (unpaired) electrons. The molecule has 0 saturated carbocycles. The van der Waals surface area contributed by atoms with Gasteiger partial charge >= 0.3 is 0 Å². The molecule has 0 aromatic heterocycles. The van der Waals surface area contributed by atoms with E-state index < -0.39 is 10.0 Å². The van der Waals surface area contributed by atoms with Gasteiger partial charge in [0.05, 0.1) is 24.2 Å². The van der Waals surface area contributed by atoms with Gasteiger partial charge in [0, 0.05) is 32.0 Å². The molecule has 35 heavy (non-hydrogen) atoms. The van der Waals surface area contributed by atoms with Crippen LogP contribution in [0.15, 0.2) is 41.3 Å². The highest BCUT2D eigenvalue weighted by molar-refractivity contribution is 7.89. The van der Waals surface area contributed by atoms with Crippen LogP contribution in [-0.4, -0.2) is 56.4 Å². The quantitative estimate of drug-likeness (QED) is 0.631. The molecule has 1 unspecified atom stereocenters. The van der Waals surface area contributed by atoms with Crippen LogP contribution in [-0.2, 0) is 14.8 Å². The zero-order valence-electron chi connectivity index (χ0n) is 20.5. The summed E-state index contributed by atoms with van der Waals surface area (Å²) in [6, 6.07) is 11.3. The average Bonchev–Trinajstić information content (AvgIpc) is 3.23. The molecule has 1 amide bonds. The lowest BCUT2D eigenvalue weighted by Gasteiger charge is -2.34. The van der Waals surface area contributed by atoms with E-state index >= 15 is 0 Å². The molecule has 0 bridgehead atoms. The summed E-state index contributed by atoms with van der Waals surface area (Å²) < 4.78 is 39.5. The van der Waals surface area contributed by atoms with Crippen LogP contribution in [0.4, 0.5) is 0 Å². The first kappa shape index (κ1) is 24.1. The number of sulfonamides is 1. The monoisotopic (exact) mass is 498 g/mol. The minimum absolute atomic E-state index is 0.0250. The number of piperidine rings is 1. The fourth-order valence-corrected chi connectivity index (χ4v) is 6.92. The molecular weight excluding hydrogens is 464 g/mol.